The van der Waals surface area contributed by atoms with Gasteiger partial charge in [0.05, 0.1) is 0 Å². The van der Waals surface area contributed by atoms with E-state index < -0.39 is 21.1 Å². The molecule has 0 saturated heterocycles. The summed E-state index contributed by atoms with van der Waals surface area (Å²) < 4.78 is 18.7. The molecule has 0 aliphatic heterocycles. The van der Waals surface area contributed by atoms with E-state index in [0.29, 0.717) is 0 Å². The molecule has 5 heteroatoms. The van der Waals surface area contributed by atoms with Gasteiger partial charge in [-0.25, -0.2) is 0 Å². The van der Waals surface area contributed by atoms with Gasteiger partial charge in [-0.05, 0) is 0 Å². The number of benzene rings is 2. The summed E-state index contributed by atoms with van der Waals surface area (Å²) in [6.07, 6.45) is 14.8. The van der Waals surface area contributed by atoms with E-state index >= 15 is 0 Å². The second kappa shape index (κ2) is 8.79. The minimum absolute atomic E-state index is 0.886. The Balaban J connectivity index is 1.77. The first-order valence-corrected chi connectivity index (χ1v) is 15.4. The van der Waals surface area contributed by atoms with Crippen molar-refractivity contribution in [3.8, 4) is 11.5 Å². The third kappa shape index (κ3) is 4.51. The van der Waals surface area contributed by atoms with Gasteiger partial charge in [-0.15, -0.1) is 0 Å². The van der Waals surface area contributed by atoms with Crippen LogP contribution in [0, 0.1) is 7.14 Å². The zero-order chi connectivity index (χ0) is 18.7. The fourth-order valence-corrected chi connectivity index (χ4v) is 12.1. The van der Waals surface area contributed by atoms with Gasteiger partial charge >= 0.3 is 195 Å². The topological polar surface area (TPSA) is 18.5 Å². The summed E-state index contributed by atoms with van der Waals surface area (Å²) in [5.41, 5.74) is 0. The van der Waals surface area contributed by atoms with Gasteiger partial charge in [0.25, 0.3) is 0 Å². The molecule has 2 nitrogen and oxygen atoms in total. The standard InChI is InChI=1S/2C6H5IO.2C5H5.Zr/c2*7-5-1-3-6(8)4-2-5;2*1-2-4-5-3-1;/h2*1-4,8H;2*1-3H,4H2;/q;;;;+2/p-2. The van der Waals surface area contributed by atoms with Gasteiger partial charge in [-0.3, -0.25) is 0 Å². The van der Waals surface area contributed by atoms with Crippen molar-refractivity contribution in [1.29, 1.82) is 0 Å². The molecule has 2 aromatic rings. The molecular formula is C22H18I2O2Zr. The van der Waals surface area contributed by atoms with E-state index in [0.717, 1.165) is 24.3 Å². The first-order valence-electron chi connectivity index (χ1n) is 8.77. The van der Waals surface area contributed by atoms with E-state index in [1.54, 1.807) is 0 Å². The van der Waals surface area contributed by atoms with Crippen LogP contribution in [0.3, 0.4) is 0 Å². The van der Waals surface area contributed by atoms with Crippen LogP contribution in [0.1, 0.15) is 12.8 Å². The molecule has 0 heterocycles. The Labute approximate surface area is 193 Å². The molecule has 0 fully saturated rings. The van der Waals surface area contributed by atoms with Crippen molar-refractivity contribution in [2.75, 3.05) is 0 Å². The molecule has 2 aromatic carbocycles. The minimum atomic E-state index is -3.83. The molecule has 0 N–H and O–H groups in total. The molecule has 0 unspecified atom stereocenters. The summed E-state index contributed by atoms with van der Waals surface area (Å²) in [7, 11) is 0. The molecule has 4 rings (SSSR count). The van der Waals surface area contributed by atoms with Crippen molar-refractivity contribution in [3.05, 3.63) is 98.7 Å². The van der Waals surface area contributed by atoms with Crippen LogP contribution in [0.25, 0.3) is 0 Å². The third-order valence-electron chi connectivity index (χ3n) is 4.54. The Hall–Kier alpha value is -0.657. The Morgan fingerprint density at radius 2 is 1.04 bits per heavy atom. The summed E-state index contributed by atoms with van der Waals surface area (Å²) in [5.74, 6) is 1.77. The van der Waals surface area contributed by atoms with Gasteiger partial charge in [0.1, 0.15) is 0 Å². The predicted molar refractivity (Wildman–Crippen MR) is 123 cm³/mol. The molecular weight excluding hydrogens is 641 g/mol. The normalized spacial score (nSPS) is 15.6. The fourth-order valence-electron chi connectivity index (χ4n) is 3.21. The van der Waals surface area contributed by atoms with Gasteiger partial charge in [0.15, 0.2) is 0 Å². The molecule has 136 valence electrons. The van der Waals surface area contributed by atoms with Crippen LogP contribution in [-0.4, -0.2) is 0 Å². The van der Waals surface area contributed by atoms with Gasteiger partial charge in [0, 0.05) is 0 Å². The fraction of sp³-hybridized carbons (Fsp3) is 0.0909. The van der Waals surface area contributed by atoms with Crippen LogP contribution in [0.15, 0.2) is 91.5 Å². The van der Waals surface area contributed by atoms with E-state index in [4.69, 9.17) is 5.63 Å². The second-order valence-electron chi connectivity index (χ2n) is 6.38. The molecule has 27 heavy (non-hydrogen) atoms. The van der Waals surface area contributed by atoms with Gasteiger partial charge < -0.3 is 0 Å². The van der Waals surface area contributed by atoms with Gasteiger partial charge in [0.2, 0.25) is 0 Å². The number of halogens is 2. The monoisotopic (exact) mass is 658 g/mol. The molecule has 2 aliphatic carbocycles. The number of allylic oxidation sites excluding steroid dienone is 8. The van der Waals surface area contributed by atoms with E-state index in [1.807, 2.05) is 0 Å². The molecule has 0 atom stereocenters. The molecule has 0 saturated carbocycles. The number of hydrogen-bond acceptors (Lipinski definition) is 2. The quantitative estimate of drug-likeness (QED) is 0.311. The van der Waals surface area contributed by atoms with Crippen molar-refractivity contribution in [1.82, 2.24) is 0 Å². The van der Waals surface area contributed by atoms with Crippen LogP contribution < -0.4 is 5.63 Å². The molecule has 2 aliphatic rings. The molecule has 0 spiro atoms. The van der Waals surface area contributed by atoms with Crippen LogP contribution >= 0.6 is 45.2 Å². The predicted octanol–water partition coefficient (Wildman–Crippen LogP) is 7.03. The van der Waals surface area contributed by atoms with E-state index in [2.05, 4.69) is 130 Å². The van der Waals surface area contributed by atoms with Crippen LogP contribution in [0.2, 0.25) is 0 Å². The van der Waals surface area contributed by atoms with E-state index in [-0.39, 0.29) is 0 Å². The van der Waals surface area contributed by atoms with Crippen molar-refractivity contribution >= 4 is 45.2 Å². The molecule has 0 radical (unpaired) electrons. The average molecular weight is 659 g/mol. The molecule has 0 amide bonds. The number of hydrogen-bond donors (Lipinski definition) is 0. The van der Waals surface area contributed by atoms with Crippen molar-refractivity contribution in [2.45, 2.75) is 12.8 Å². The second-order valence-corrected chi connectivity index (χ2v) is 16.1. The zero-order valence-corrected chi connectivity index (χ0v) is 21.3. The van der Waals surface area contributed by atoms with E-state index in [1.165, 1.54) is 13.7 Å². The number of rotatable bonds is 6. The van der Waals surface area contributed by atoms with Crippen LogP contribution in [0.4, 0.5) is 0 Å². The zero-order valence-electron chi connectivity index (χ0n) is 14.6. The Bertz CT molecular complexity index is 862. The van der Waals surface area contributed by atoms with Crippen LogP contribution in [0.5, 0.6) is 11.5 Å². The van der Waals surface area contributed by atoms with Gasteiger partial charge in [-0.2, -0.15) is 0 Å². The van der Waals surface area contributed by atoms with Crippen LogP contribution in [-0.2, 0) is 21.1 Å². The van der Waals surface area contributed by atoms with Crippen molar-refractivity contribution < 1.29 is 26.8 Å². The maximum absolute atomic E-state index is 6.83. The summed E-state index contributed by atoms with van der Waals surface area (Å²) in [6.45, 7) is 0. The van der Waals surface area contributed by atoms with Crippen molar-refractivity contribution in [2.24, 2.45) is 0 Å². The Kier molecular flexibility index (Phi) is 6.39. The molecule has 0 aromatic heterocycles. The Morgan fingerprint density at radius 3 is 1.37 bits per heavy atom. The SMILES string of the molecule is Ic1ccc([O][Zr]([O]c2ccc(I)cc2)([C]2=CC=CC2)[C]2=CC=CC2)cc1. The van der Waals surface area contributed by atoms with E-state index in [9.17, 15) is 0 Å². The summed E-state index contributed by atoms with van der Waals surface area (Å²) in [5, 5.41) is 0. The van der Waals surface area contributed by atoms with Gasteiger partial charge in [-0.1, -0.05) is 0 Å². The first kappa shape index (κ1) is 19.7. The maximum atomic E-state index is 6.83. The third-order valence-corrected chi connectivity index (χ3v) is 14.5. The summed E-state index contributed by atoms with van der Waals surface area (Å²) in [4.78, 5) is 0. The molecule has 0 bridgehead atoms. The van der Waals surface area contributed by atoms with Crippen molar-refractivity contribution in [3.63, 3.8) is 0 Å². The summed E-state index contributed by atoms with van der Waals surface area (Å²) in [6, 6.07) is 16.5. The first-order chi connectivity index (χ1) is 13.2. The Morgan fingerprint density at radius 1 is 0.630 bits per heavy atom. The average Bonchev–Trinajstić information content (AvgIpc) is 3.39. The summed E-state index contributed by atoms with van der Waals surface area (Å²) >= 11 is 0.810.